The predicted molar refractivity (Wildman–Crippen MR) is 64.7 cm³/mol. The highest BCUT2D eigenvalue weighted by atomic mass is 32.2. The van der Waals surface area contributed by atoms with E-state index >= 15 is 0 Å². The summed E-state index contributed by atoms with van der Waals surface area (Å²) in [5.41, 5.74) is 7.24. The number of nitrogens with two attached hydrogens (primary N) is 1. The number of hydrogen-bond acceptors (Lipinski definition) is 2. The predicted octanol–water partition coefficient (Wildman–Crippen LogP) is 3.07. The molecule has 1 aromatic rings. The molecule has 0 aromatic heterocycles. The van der Waals surface area contributed by atoms with Gasteiger partial charge in [0.15, 0.2) is 0 Å². The maximum atomic E-state index is 5.69. The third-order valence-electron chi connectivity index (χ3n) is 2.17. The van der Waals surface area contributed by atoms with Gasteiger partial charge in [0.1, 0.15) is 0 Å². The Balaban J connectivity index is 2.54. The van der Waals surface area contributed by atoms with Crippen LogP contribution in [0.3, 0.4) is 0 Å². The lowest BCUT2D eigenvalue weighted by Gasteiger charge is -2.21. The molecule has 0 bridgehead atoms. The third-order valence-corrected chi connectivity index (χ3v) is 3.68. The minimum absolute atomic E-state index is 0.231. The lowest BCUT2D eigenvalue weighted by molar-refractivity contribution is 0.438. The molecule has 0 saturated carbocycles. The van der Waals surface area contributed by atoms with Gasteiger partial charge in [-0.3, -0.25) is 0 Å². The Morgan fingerprint density at radius 1 is 1.36 bits per heavy atom. The van der Waals surface area contributed by atoms with Crippen molar-refractivity contribution in [3.8, 4) is 0 Å². The van der Waals surface area contributed by atoms with Crippen LogP contribution in [0.25, 0.3) is 0 Å². The molecule has 0 aliphatic heterocycles. The van der Waals surface area contributed by atoms with Crippen LogP contribution in [0, 0.1) is 12.3 Å². The van der Waals surface area contributed by atoms with E-state index in [2.05, 4.69) is 45.0 Å². The quantitative estimate of drug-likeness (QED) is 0.771. The normalized spacial score (nSPS) is 11.7. The lowest BCUT2D eigenvalue weighted by atomic mass is 9.97. The molecule has 2 N–H and O–H groups in total. The largest absolute Gasteiger partial charge is 0.330 e. The van der Waals surface area contributed by atoms with Crippen LogP contribution >= 0.6 is 11.8 Å². The van der Waals surface area contributed by atoms with Crippen LogP contribution in [0.1, 0.15) is 19.4 Å². The summed E-state index contributed by atoms with van der Waals surface area (Å²) in [7, 11) is 0. The van der Waals surface area contributed by atoms with E-state index in [1.54, 1.807) is 0 Å². The summed E-state index contributed by atoms with van der Waals surface area (Å²) >= 11 is 1.89. The van der Waals surface area contributed by atoms with Crippen molar-refractivity contribution in [2.24, 2.45) is 11.1 Å². The van der Waals surface area contributed by atoms with Crippen LogP contribution in [0.4, 0.5) is 0 Å². The van der Waals surface area contributed by atoms with E-state index in [0.717, 1.165) is 12.3 Å². The summed E-state index contributed by atoms with van der Waals surface area (Å²) in [6.45, 7) is 7.27. The molecular weight excluding hydrogens is 190 g/mol. The first-order chi connectivity index (χ1) is 6.53. The van der Waals surface area contributed by atoms with E-state index in [1.807, 2.05) is 11.8 Å². The second-order valence-corrected chi connectivity index (χ2v) is 5.52. The van der Waals surface area contributed by atoms with Crippen LogP contribution in [0.2, 0.25) is 0 Å². The summed E-state index contributed by atoms with van der Waals surface area (Å²) in [6.07, 6.45) is 0. The molecule has 14 heavy (non-hydrogen) atoms. The molecule has 0 aliphatic rings. The first-order valence-electron chi connectivity index (χ1n) is 4.93. The van der Waals surface area contributed by atoms with E-state index in [0.29, 0.717) is 0 Å². The number of thioether (sulfide) groups is 1. The van der Waals surface area contributed by atoms with Gasteiger partial charge >= 0.3 is 0 Å². The molecule has 0 aliphatic carbocycles. The molecule has 2 heteroatoms. The zero-order chi connectivity index (χ0) is 10.6. The van der Waals surface area contributed by atoms with Gasteiger partial charge in [-0.25, -0.2) is 0 Å². The molecule has 0 spiro atoms. The minimum atomic E-state index is 0.231. The Hall–Kier alpha value is -0.470. The van der Waals surface area contributed by atoms with E-state index < -0.39 is 0 Å². The Bertz CT molecular complexity index is 294. The van der Waals surface area contributed by atoms with Crippen LogP contribution < -0.4 is 5.73 Å². The summed E-state index contributed by atoms with van der Waals surface area (Å²) in [5, 5.41) is 0. The van der Waals surface area contributed by atoms with Gasteiger partial charge in [0, 0.05) is 10.6 Å². The van der Waals surface area contributed by atoms with Crippen molar-refractivity contribution in [3.05, 3.63) is 29.8 Å². The molecule has 0 atom stereocenters. The third kappa shape index (κ3) is 3.72. The summed E-state index contributed by atoms with van der Waals surface area (Å²) in [4.78, 5) is 1.34. The molecular formula is C12H19NS. The first-order valence-corrected chi connectivity index (χ1v) is 5.92. The summed E-state index contributed by atoms with van der Waals surface area (Å²) < 4.78 is 0. The molecule has 1 rings (SSSR count). The standard InChI is InChI=1S/C12H19NS/c1-10-5-4-6-11(7-10)14-9-12(2,3)8-13/h4-7H,8-9,13H2,1-3H3. The van der Waals surface area contributed by atoms with Crippen molar-refractivity contribution in [1.82, 2.24) is 0 Å². The Kier molecular flexibility index (Phi) is 4.02. The lowest BCUT2D eigenvalue weighted by Crippen LogP contribution is -2.25. The zero-order valence-electron chi connectivity index (χ0n) is 9.21. The Morgan fingerprint density at radius 3 is 2.64 bits per heavy atom. The average molecular weight is 209 g/mol. The molecule has 0 heterocycles. The van der Waals surface area contributed by atoms with Gasteiger partial charge in [-0.1, -0.05) is 31.5 Å². The van der Waals surface area contributed by atoms with Gasteiger partial charge in [0.05, 0.1) is 0 Å². The second kappa shape index (κ2) is 4.85. The number of rotatable bonds is 4. The van der Waals surface area contributed by atoms with E-state index in [9.17, 15) is 0 Å². The van der Waals surface area contributed by atoms with Gasteiger partial charge in [-0.05, 0) is 31.0 Å². The highest BCUT2D eigenvalue weighted by molar-refractivity contribution is 7.99. The molecule has 78 valence electrons. The fraction of sp³-hybridized carbons (Fsp3) is 0.500. The smallest absolute Gasteiger partial charge is 0.00747 e. The zero-order valence-corrected chi connectivity index (χ0v) is 10.0. The maximum Gasteiger partial charge on any atom is 0.00747 e. The molecule has 0 saturated heterocycles. The molecule has 0 radical (unpaired) electrons. The fourth-order valence-electron chi connectivity index (χ4n) is 1.04. The highest BCUT2D eigenvalue weighted by Gasteiger charge is 2.15. The summed E-state index contributed by atoms with van der Waals surface area (Å²) in [6, 6.07) is 8.60. The first kappa shape index (κ1) is 11.6. The number of benzene rings is 1. The second-order valence-electron chi connectivity index (χ2n) is 4.47. The van der Waals surface area contributed by atoms with Crippen LogP contribution in [0.15, 0.2) is 29.2 Å². The van der Waals surface area contributed by atoms with E-state index in [-0.39, 0.29) is 5.41 Å². The van der Waals surface area contributed by atoms with Gasteiger partial charge in [0.25, 0.3) is 0 Å². The van der Waals surface area contributed by atoms with Gasteiger partial charge < -0.3 is 5.73 Å². The van der Waals surface area contributed by atoms with Crippen molar-refractivity contribution in [3.63, 3.8) is 0 Å². The number of aryl methyl sites for hydroxylation is 1. The van der Waals surface area contributed by atoms with Crippen molar-refractivity contribution < 1.29 is 0 Å². The van der Waals surface area contributed by atoms with Crippen molar-refractivity contribution in [2.75, 3.05) is 12.3 Å². The van der Waals surface area contributed by atoms with Crippen LogP contribution in [-0.4, -0.2) is 12.3 Å². The van der Waals surface area contributed by atoms with Crippen molar-refractivity contribution in [1.29, 1.82) is 0 Å². The molecule has 0 unspecified atom stereocenters. The van der Waals surface area contributed by atoms with Gasteiger partial charge in [0.2, 0.25) is 0 Å². The van der Waals surface area contributed by atoms with Crippen LogP contribution in [-0.2, 0) is 0 Å². The maximum absolute atomic E-state index is 5.69. The Morgan fingerprint density at radius 2 is 2.07 bits per heavy atom. The van der Waals surface area contributed by atoms with Gasteiger partial charge in [-0.2, -0.15) is 0 Å². The van der Waals surface area contributed by atoms with Gasteiger partial charge in [-0.15, -0.1) is 11.8 Å². The summed E-state index contributed by atoms with van der Waals surface area (Å²) in [5.74, 6) is 1.08. The highest BCUT2D eigenvalue weighted by Crippen LogP contribution is 2.26. The van der Waals surface area contributed by atoms with E-state index in [4.69, 9.17) is 5.73 Å². The Labute approximate surface area is 91.1 Å². The average Bonchev–Trinajstić information content (AvgIpc) is 2.15. The monoisotopic (exact) mass is 209 g/mol. The fourth-order valence-corrected chi connectivity index (χ4v) is 2.16. The van der Waals surface area contributed by atoms with Crippen LogP contribution in [0.5, 0.6) is 0 Å². The van der Waals surface area contributed by atoms with Crippen molar-refractivity contribution in [2.45, 2.75) is 25.7 Å². The molecule has 1 aromatic carbocycles. The van der Waals surface area contributed by atoms with E-state index in [1.165, 1.54) is 10.5 Å². The minimum Gasteiger partial charge on any atom is -0.330 e. The topological polar surface area (TPSA) is 26.0 Å². The molecule has 0 amide bonds. The van der Waals surface area contributed by atoms with Crippen molar-refractivity contribution >= 4 is 11.8 Å². The SMILES string of the molecule is Cc1cccc(SCC(C)(C)CN)c1. The number of hydrogen-bond donors (Lipinski definition) is 1. The molecule has 1 nitrogen and oxygen atoms in total. The molecule has 0 fully saturated rings.